The van der Waals surface area contributed by atoms with Crippen LogP contribution in [0.25, 0.3) is 0 Å². The number of rotatable bonds is 0. The summed E-state index contributed by atoms with van der Waals surface area (Å²) in [5.41, 5.74) is 4.07. The third-order valence-electron chi connectivity index (χ3n) is 6.84. The summed E-state index contributed by atoms with van der Waals surface area (Å²) in [5, 5.41) is 2.93. The lowest BCUT2D eigenvalue weighted by atomic mass is 9.72. The second-order valence-electron chi connectivity index (χ2n) is 9.06. The molecule has 1 spiro atoms. The van der Waals surface area contributed by atoms with E-state index in [1.165, 1.54) is 0 Å². The minimum absolute atomic E-state index is 0.113. The Balaban J connectivity index is 1.54. The van der Waals surface area contributed by atoms with Gasteiger partial charge in [-0.3, -0.25) is 4.79 Å². The van der Waals surface area contributed by atoms with Crippen molar-refractivity contribution in [1.82, 2.24) is 14.8 Å². The predicted molar refractivity (Wildman–Crippen MR) is 116 cm³/mol. The highest BCUT2D eigenvalue weighted by Gasteiger charge is 2.45. The van der Waals surface area contributed by atoms with E-state index in [2.05, 4.69) is 22.2 Å². The van der Waals surface area contributed by atoms with Gasteiger partial charge in [0.2, 0.25) is 0 Å². The molecule has 2 fully saturated rings. The van der Waals surface area contributed by atoms with Gasteiger partial charge < -0.3 is 15.1 Å². The molecule has 1 aromatic carbocycles. The van der Waals surface area contributed by atoms with Gasteiger partial charge in [-0.2, -0.15) is 0 Å². The molecule has 3 amide bonds. The molecule has 0 unspecified atom stereocenters. The van der Waals surface area contributed by atoms with Crippen molar-refractivity contribution in [2.45, 2.75) is 26.7 Å². The molecule has 2 aromatic rings. The molecule has 1 aromatic heterocycles. The lowest BCUT2D eigenvalue weighted by molar-refractivity contribution is -0.0226. The van der Waals surface area contributed by atoms with E-state index in [1.807, 2.05) is 30.9 Å². The largest absolute Gasteiger partial charge is 0.330 e. The SMILES string of the molecule is Cc1cc2c(cc1C)N(C(=O)N1CCC3(CC1)CN(C)C3)c1ncccc1NC2=O. The molecule has 4 heterocycles. The molecule has 0 aliphatic carbocycles. The molecule has 0 radical (unpaired) electrons. The molecule has 30 heavy (non-hydrogen) atoms. The number of pyridine rings is 1. The highest BCUT2D eigenvalue weighted by atomic mass is 16.2. The average molecular weight is 406 g/mol. The van der Waals surface area contributed by atoms with Crippen LogP contribution in [0.2, 0.25) is 0 Å². The molecule has 3 aliphatic rings. The van der Waals surface area contributed by atoms with Gasteiger partial charge in [0.1, 0.15) is 0 Å². The Morgan fingerprint density at radius 1 is 1.13 bits per heavy atom. The number of aryl methyl sites for hydroxylation is 2. The zero-order chi connectivity index (χ0) is 21.0. The van der Waals surface area contributed by atoms with Crippen LogP contribution in [0.15, 0.2) is 30.5 Å². The molecule has 0 saturated carbocycles. The molecular weight excluding hydrogens is 378 g/mol. The van der Waals surface area contributed by atoms with E-state index in [0.717, 1.165) is 50.1 Å². The van der Waals surface area contributed by atoms with Crippen molar-refractivity contribution in [3.05, 3.63) is 47.2 Å². The van der Waals surface area contributed by atoms with Crippen LogP contribution < -0.4 is 10.2 Å². The van der Waals surface area contributed by atoms with Gasteiger partial charge in [0.15, 0.2) is 5.82 Å². The molecule has 3 aliphatic heterocycles. The van der Waals surface area contributed by atoms with E-state index >= 15 is 0 Å². The number of likely N-dealkylation sites (tertiary alicyclic amines) is 2. The number of nitrogens with one attached hydrogen (secondary N) is 1. The minimum atomic E-state index is -0.215. The first kappa shape index (κ1) is 19.1. The van der Waals surface area contributed by atoms with Gasteiger partial charge in [-0.05, 0) is 74.5 Å². The number of benzene rings is 1. The second-order valence-corrected chi connectivity index (χ2v) is 9.06. The normalized spacial score (nSPS) is 20.2. The van der Waals surface area contributed by atoms with Crippen molar-refractivity contribution in [2.24, 2.45) is 5.41 Å². The van der Waals surface area contributed by atoms with Crippen molar-refractivity contribution >= 4 is 29.1 Å². The molecule has 156 valence electrons. The van der Waals surface area contributed by atoms with Crippen LogP contribution >= 0.6 is 0 Å². The number of piperidine rings is 1. The highest BCUT2D eigenvalue weighted by Crippen LogP contribution is 2.42. The summed E-state index contributed by atoms with van der Waals surface area (Å²) >= 11 is 0. The Morgan fingerprint density at radius 2 is 1.83 bits per heavy atom. The number of urea groups is 1. The monoisotopic (exact) mass is 405 g/mol. The summed E-state index contributed by atoms with van der Waals surface area (Å²) in [5.74, 6) is 0.259. The standard InChI is InChI=1S/C23H27N5O2/c1-15-11-17-19(12-16(15)2)28(20-18(25-21(17)29)5-4-8-24-20)22(30)27-9-6-23(7-10-27)13-26(3)14-23/h4-5,8,11-12H,6-7,9-10,13-14H2,1-3H3,(H,25,29). The van der Waals surface area contributed by atoms with Crippen LogP contribution in [0.4, 0.5) is 22.0 Å². The summed E-state index contributed by atoms with van der Waals surface area (Å²) in [6.45, 7) is 7.66. The second kappa shape index (κ2) is 6.80. The van der Waals surface area contributed by atoms with Gasteiger partial charge in [0.05, 0.1) is 16.9 Å². The average Bonchev–Trinajstić information content (AvgIpc) is 2.82. The number of amides is 3. The molecule has 7 nitrogen and oxygen atoms in total. The number of fused-ring (bicyclic) bond motifs is 2. The number of anilines is 3. The fourth-order valence-electron chi connectivity index (χ4n) is 5.07. The van der Waals surface area contributed by atoms with E-state index in [1.54, 1.807) is 23.2 Å². The minimum Gasteiger partial charge on any atom is -0.324 e. The Labute approximate surface area is 176 Å². The summed E-state index contributed by atoms with van der Waals surface area (Å²) in [4.78, 5) is 37.1. The zero-order valence-electron chi connectivity index (χ0n) is 17.7. The van der Waals surface area contributed by atoms with E-state index in [9.17, 15) is 9.59 Å². The topological polar surface area (TPSA) is 68.8 Å². The Kier molecular flexibility index (Phi) is 4.32. The van der Waals surface area contributed by atoms with E-state index < -0.39 is 0 Å². The first-order valence-corrected chi connectivity index (χ1v) is 10.5. The van der Waals surface area contributed by atoms with Gasteiger partial charge in [-0.25, -0.2) is 14.7 Å². The van der Waals surface area contributed by atoms with Gasteiger partial charge in [-0.15, -0.1) is 0 Å². The summed E-state index contributed by atoms with van der Waals surface area (Å²) in [7, 11) is 2.15. The van der Waals surface area contributed by atoms with Crippen LogP contribution in [-0.2, 0) is 0 Å². The number of carbonyl (C=O) groups is 2. The molecular formula is C23H27N5O2. The maximum absolute atomic E-state index is 13.8. The molecule has 7 heteroatoms. The lowest BCUT2D eigenvalue weighted by Gasteiger charge is -2.53. The number of hydrogen-bond donors (Lipinski definition) is 1. The van der Waals surface area contributed by atoms with Crippen LogP contribution in [0.1, 0.15) is 34.3 Å². The summed E-state index contributed by atoms with van der Waals surface area (Å²) < 4.78 is 0. The first-order valence-electron chi connectivity index (χ1n) is 10.5. The number of aromatic nitrogens is 1. The van der Waals surface area contributed by atoms with Crippen LogP contribution in [0, 0.1) is 19.3 Å². The molecule has 5 rings (SSSR count). The van der Waals surface area contributed by atoms with Gasteiger partial charge in [0.25, 0.3) is 5.91 Å². The smallest absolute Gasteiger partial charge is 0.324 e. The molecule has 0 bridgehead atoms. The molecule has 0 atom stereocenters. The van der Waals surface area contributed by atoms with Crippen LogP contribution in [-0.4, -0.2) is 59.9 Å². The number of hydrogen-bond acceptors (Lipinski definition) is 4. The first-order chi connectivity index (χ1) is 14.4. The Hall–Kier alpha value is -2.93. The quantitative estimate of drug-likeness (QED) is 0.728. The Morgan fingerprint density at radius 3 is 2.53 bits per heavy atom. The van der Waals surface area contributed by atoms with Crippen molar-refractivity contribution in [3.63, 3.8) is 0 Å². The van der Waals surface area contributed by atoms with Crippen LogP contribution in [0.3, 0.4) is 0 Å². The third-order valence-corrected chi connectivity index (χ3v) is 6.84. The van der Waals surface area contributed by atoms with Gasteiger partial charge >= 0.3 is 6.03 Å². The van der Waals surface area contributed by atoms with E-state index in [-0.39, 0.29) is 11.9 Å². The maximum atomic E-state index is 13.8. The molecule has 2 saturated heterocycles. The fourth-order valence-corrected chi connectivity index (χ4v) is 5.07. The van der Waals surface area contributed by atoms with E-state index in [0.29, 0.717) is 28.2 Å². The summed E-state index contributed by atoms with van der Waals surface area (Å²) in [6.07, 6.45) is 3.69. The number of nitrogens with zero attached hydrogens (tertiary/aromatic N) is 4. The van der Waals surface area contributed by atoms with Crippen molar-refractivity contribution in [1.29, 1.82) is 0 Å². The van der Waals surface area contributed by atoms with Crippen molar-refractivity contribution in [3.8, 4) is 0 Å². The lowest BCUT2D eigenvalue weighted by Crippen LogP contribution is -2.60. The summed E-state index contributed by atoms with van der Waals surface area (Å²) in [6, 6.07) is 7.24. The highest BCUT2D eigenvalue weighted by molar-refractivity contribution is 6.17. The molecule has 1 N–H and O–H groups in total. The number of carbonyl (C=O) groups excluding carboxylic acids is 2. The Bertz CT molecular complexity index is 1030. The zero-order valence-corrected chi connectivity index (χ0v) is 17.7. The van der Waals surface area contributed by atoms with Crippen molar-refractivity contribution < 1.29 is 9.59 Å². The fraction of sp³-hybridized carbons (Fsp3) is 0.435. The maximum Gasteiger partial charge on any atom is 0.330 e. The van der Waals surface area contributed by atoms with Gasteiger partial charge in [-0.1, -0.05) is 0 Å². The predicted octanol–water partition coefficient (Wildman–Crippen LogP) is 3.55. The third kappa shape index (κ3) is 2.96. The van der Waals surface area contributed by atoms with Crippen LogP contribution in [0.5, 0.6) is 0 Å². The van der Waals surface area contributed by atoms with Gasteiger partial charge in [0, 0.05) is 32.4 Å². The van der Waals surface area contributed by atoms with E-state index in [4.69, 9.17) is 0 Å². The van der Waals surface area contributed by atoms with Crippen molar-refractivity contribution in [2.75, 3.05) is 43.4 Å².